The molecule has 15 heteroatoms. The predicted octanol–water partition coefficient (Wildman–Crippen LogP) is 8.97. The number of halogens is 10. The standard InChI is InChI=1S/C29H40F10O5/c1-21-16-22(19-40)18-23(17-21)20-44-24(41)10-11-25(42-14-8-4-2-6-12-26(30,31)28(34,35)36)43-15-9-5-3-7-13-27(32,33)29(37,38)39/h16-18,25,40H,2-15,19-20H2,1H3. The number of benzene rings is 1. The summed E-state index contributed by atoms with van der Waals surface area (Å²) in [4.78, 5) is 12.3. The number of aryl methyl sites for hydroxylation is 1. The largest absolute Gasteiger partial charge is 0.461 e. The minimum atomic E-state index is -5.60. The van der Waals surface area contributed by atoms with Gasteiger partial charge in [0.1, 0.15) is 6.61 Å². The average Bonchev–Trinajstić information content (AvgIpc) is 2.91. The van der Waals surface area contributed by atoms with E-state index in [1.54, 1.807) is 18.2 Å². The van der Waals surface area contributed by atoms with Crippen molar-refractivity contribution in [2.24, 2.45) is 0 Å². The smallest absolute Gasteiger partial charge is 0.453 e. The highest BCUT2D eigenvalue weighted by molar-refractivity contribution is 5.69. The van der Waals surface area contributed by atoms with Crippen LogP contribution in [0.3, 0.4) is 0 Å². The zero-order valence-corrected chi connectivity index (χ0v) is 24.5. The van der Waals surface area contributed by atoms with Crippen LogP contribution >= 0.6 is 0 Å². The lowest BCUT2D eigenvalue weighted by Crippen LogP contribution is -2.36. The number of carbonyl (C=O) groups is 1. The number of carbonyl (C=O) groups excluding carboxylic acids is 1. The Bertz CT molecular complexity index is 927. The predicted molar refractivity (Wildman–Crippen MR) is 140 cm³/mol. The fraction of sp³-hybridized carbons (Fsp3) is 0.759. The molecule has 0 fully saturated rings. The Morgan fingerprint density at radius 1 is 0.705 bits per heavy atom. The first kappa shape index (κ1) is 39.9. The van der Waals surface area contributed by atoms with Crippen LogP contribution in [0.4, 0.5) is 43.9 Å². The van der Waals surface area contributed by atoms with Crippen LogP contribution in [0, 0.1) is 6.92 Å². The zero-order chi connectivity index (χ0) is 33.4. The normalized spacial score (nSPS) is 13.1. The summed E-state index contributed by atoms with van der Waals surface area (Å²) in [6.07, 6.45) is -14.1. The minimum Gasteiger partial charge on any atom is -0.461 e. The first-order valence-electron chi connectivity index (χ1n) is 14.4. The van der Waals surface area contributed by atoms with E-state index in [2.05, 4.69) is 0 Å². The summed E-state index contributed by atoms with van der Waals surface area (Å²) in [5.41, 5.74) is 2.20. The van der Waals surface area contributed by atoms with Crippen LogP contribution in [0.15, 0.2) is 18.2 Å². The number of rotatable bonds is 22. The molecule has 5 nitrogen and oxygen atoms in total. The molecule has 0 saturated carbocycles. The third kappa shape index (κ3) is 15.7. The van der Waals surface area contributed by atoms with Gasteiger partial charge >= 0.3 is 30.2 Å². The van der Waals surface area contributed by atoms with Gasteiger partial charge in [-0.3, -0.25) is 4.79 Å². The molecule has 0 aromatic heterocycles. The number of hydrogen-bond donors (Lipinski definition) is 1. The molecule has 0 aliphatic rings. The van der Waals surface area contributed by atoms with Crippen LogP contribution in [0.25, 0.3) is 0 Å². The number of aliphatic hydroxyl groups excluding tert-OH is 1. The number of esters is 1. The van der Waals surface area contributed by atoms with E-state index < -0.39 is 49.3 Å². The second-order valence-corrected chi connectivity index (χ2v) is 10.6. The van der Waals surface area contributed by atoms with Gasteiger partial charge in [-0.1, -0.05) is 49.4 Å². The fourth-order valence-corrected chi connectivity index (χ4v) is 4.13. The van der Waals surface area contributed by atoms with Gasteiger partial charge in [0, 0.05) is 32.5 Å². The summed E-state index contributed by atoms with van der Waals surface area (Å²) in [7, 11) is 0. The van der Waals surface area contributed by atoms with Gasteiger partial charge in [0.25, 0.3) is 0 Å². The van der Waals surface area contributed by atoms with Gasteiger partial charge in [-0.2, -0.15) is 43.9 Å². The van der Waals surface area contributed by atoms with E-state index in [4.69, 9.17) is 14.2 Å². The van der Waals surface area contributed by atoms with E-state index in [1.165, 1.54) is 0 Å². The van der Waals surface area contributed by atoms with Crippen LogP contribution in [0.5, 0.6) is 0 Å². The van der Waals surface area contributed by atoms with Gasteiger partial charge in [0.15, 0.2) is 6.29 Å². The highest BCUT2D eigenvalue weighted by Gasteiger charge is 2.57. The fourth-order valence-electron chi connectivity index (χ4n) is 4.13. The van der Waals surface area contributed by atoms with Crippen molar-refractivity contribution in [3.63, 3.8) is 0 Å². The highest BCUT2D eigenvalue weighted by Crippen LogP contribution is 2.40. The Kier molecular flexibility index (Phi) is 17.0. The third-order valence-corrected chi connectivity index (χ3v) is 6.57. The lowest BCUT2D eigenvalue weighted by atomic mass is 10.1. The van der Waals surface area contributed by atoms with E-state index in [0.29, 0.717) is 36.8 Å². The van der Waals surface area contributed by atoms with Crippen LogP contribution in [-0.2, 0) is 32.2 Å². The molecule has 1 rings (SSSR count). The van der Waals surface area contributed by atoms with Crippen molar-refractivity contribution in [3.8, 4) is 0 Å². The molecule has 256 valence electrons. The maximum atomic E-state index is 13.0. The Hall–Kier alpha value is -2.13. The Labute approximate surface area is 250 Å². The Morgan fingerprint density at radius 3 is 1.61 bits per heavy atom. The quantitative estimate of drug-likeness (QED) is 0.0584. The maximum Gasteiger partial charge on any atom is 0.453 e. The summed E-state index contributed by atoms with van der Waals surface area (Å²) < 4.78 is 142. The topological polar surface area (TPSA) is 65.0 Å². The van der Waals surface area contributed by atoms with E-state index in [9.17, 15) is 53.8 Å². The summed E-state index contributed by atoms with van der Waals surface area (Å²) in [5, 5.41) is 9.32. The third-order valence-electron chi connectivity index (χ3n) is 6.57. The maximum absolute atomic E-state index is 13.0. The van der Waals surface area contributed by atoms with Gasteiger partial charge < -0.3 is 19.3 Å². The Morgan fingerprint density at radius 2 is 1.16 bits per heavy atom. The van der Waals surface area contributed by atoms with E-state index in [1.807, 2.05) is 6.92 Å². The van der Waals surface area contributed by atoms with Crippen LogP contribution in [0.2, 0.25) is 0 Å². The molecule has 44 heavy (non-hydrogen) atoms. The van der Waals surface area contributed by atoms with Crippen LogP contribution < -0.4 is 0 Å². The molecule has 0 atom stereocenters. The molecule has 0 unspecified atom stereocenters. The molecule has 0 amide bonds. The number of aliphatic hydroxyl groups is 1. The number of ether oxygens (including phenoxy) is 3. The van der Waals surface area contributed by atoms with Crippen molar-refractivity contribution in [1.82, 2.24) is 0 Å². The Balaban J connectivity index is 2.48. The lowest BCUT2D eigenvalue weighted by molar-refractivity contribution is -0.284. The zero-order valence-electron chi connectivity index (χ0n) is 24.5. The van der Waals surface area contributed by atoms with Crippen LogP contribution in [-0.4, -0.2) is 54.8 Å². The van der Waals surface area contributed by atoms with Gasteiger partial charge in [-0.15, -0.1) is 0 Å². The number of alkyl halides is 10. The molecule has 1 N–H and O–H groups in total. The minimum absolute atomic E-state index is 0.0410. The molecule has 0 aliphatic heterocycles. The van der Waals surface area contributed by atoms with Gasteiger partial charge in [-0.25, -0.2) is 0 Å². The summed E-state index contributed by atoms with van der Waals surface area (Å²) >= 11 is 0. The molecule has 0 radical (unpaired) electrons. The first-order chi connectivity index (χ1) is 20.4. The van der Waals surface area contributed by atoms with E-state index in [0.717, 1.165) is 5.56 Å². The van der Waals surface area contributed by atoms with Crippen molar-refractivity contribution in [1.29, 1.82) is 0 Å². The highest BCUT2D eigenvalue weighted by atomic mass is 19.4. The first-order valence-corrected chi connectivity index (χ1v) is 14.4. The van der Waals surface area contributed by atoms with Crippen molar-refractivity contribution in [2.75, 3.05) is 13.2 Å². The van der Waals surface area contributed by atoms with Crippen LogP contribution in [0.1, 0.15) is 93.7 Å². The molecule has 0 bridgehead atoms. The molecule has 0 saturated heterocycles. The SMILES string of the molecule is Cc1cc(CO)cc(COC(=O)CCC(OCCCCCCC(F)(F)C(F)(F)F)OCCCCCCC(F)(F)C(F)(F)F)c1. The summed E-state index contributed by atoms with van der Waals surface area (Å²) in [6, 6.07) is 5.25. The molecule has 0 heterocycles. The second-order valence-electron chi connectivity index (χ2n) is 10.6. The second kappa shape index (κ2) is 18.7. The van der Waals surface area contributed by atoms with E-state index >= 15 is 0 Å². The molecule has 1 aromatic rings. The monoisotopic (exact) mass is 658 g/mol. The number of hydrogen-bond acceptors (Lipinski definition) is 5. The van der Waals surface area contributed by atoms with Gasteiger partial charge in [0.05, 0.1) is 13.0 Å². The summed E-state index contributed by atoms with van der Waals surface area (Å²) in [5.74, 6) is -10.1. The van der Waals surface area contributed by atoms with Crippen molar-refractivity contribution in [2.45, 2.75) is 128 Å². The molecular weight excluding hydrogens is 618 g/mol. The van der Waals surface area contributed by atoms with E-state index in [-0.39, 0.29) is 65.0 Å². The molecular formula is C29H40F10O5. The molecule has 0 aliphatic carbocycles. The average molecular weight is 659 g/mol. The van der Waals surface area contributed by atoms with Gasteiger partial charge in [-0.05, 0) is 43.7 Å². The lowest BCUT2D eigenvalue weighted by Gasteiger charge is -2.20. The van der Waals surface area contributed by atoms with Crippen molar-refractivity contribution >= 4 is 5.97 Å². The van der Waals surface area contributed by atoms with Crippen molar-refractivity contribution < 1.29 is 68.0 Å². The molecule has 0 spiro atoms. The molecule has 1 aromatic carbocycles. The van der Waals surface area contributed by atoms with Gasteiger partial charge in [0.2, 0.25) is 0 Å². The number of unbranched alkanes of at least 4 members (excludes halogenated alkanes) is 6. The summed E-state index contributed by atoms with van der Waals surface area (Å²) in [6.45, 7) is 1.70. The van der Waals surface area contributed by atoms with Crippen molar-refractivity contribution in [3.05, 3.63) is 34.9 Å².